The summed E-state index contributed by atoms with van der Waals surface area (Å²) in [6.45, 7) is 3.80. The number of anilines is 1. The van der Waals surface area contributed by atoms with Crippen LogP contribution in [-0.4, -0.2) is 50.0 Å². The van der Waals surface area contributed by atoms with Crippen molar-refractivity contribution in [3.8, 4) is 22.8 Å². The smallest absolute Gasteiger partial charge is 0.406 e. The lowest BCUT2D eigenvalue weighted by atomic mass is 10.0. The molecule has 0 radical (unpaired) electrons. The highest BCUT2D eigenvalue weighted by molar-refractivity contribution is 8.15. The standard InChI is InChI=1S/C31H26F4N6O3S/c1-17(2)25-14-21(32)5-10-26(25)41-27(42)15-45-30(41)38-29(43)37-22-12-18-3-4-19(11-20(18)13-22)28-36-16-40(39-28)23-6-8-24(9-7-23)44-31(33,34)35/h3-11,14,16-17,22H,12-13,15H2,1-2H3,(H,37,43). The third kappa shape index (κ3) is 6.70. The summed E-state index contributed by atoms with van der Waals surface area (Å²) in [5.41, 5.74) is 4.47. The first-order valence-electron chi connectivity index (χ1n) is 14.0. The Morgan fingerprint density at radius 1 is 1.07 bits per heavy atom. The van der Waals surface area contributed by atoms with E-state index in [9.17, 15) is 27.2 Å². The Morgan fingerprint density at radius 2 is 1.82 bits per heavy atom. The van der Waals surface area contributed by atoms with Crippen LogP contribution in [0.2, 0.25) is 0 Å². The van der Waals surface area contributed by atoms with Gasteiger partial charge in [0.1, 0.15) is 17.9 Å². The van der Waals surface area contributed by atoms with E-state index in [0.29, 0.717) is 35.6 Å². The number of amides is 3. The van der Waals surface area contributed by atoms with Gasteiger partial charge in [-0.25, -0.2) is 18.9 Å². The number of thioether (sulfide) groups is 1. The average Bonchev–Trinajstić information content (AvgIpc) is 3.71. The Labute approximate surface area is 259 Å². The molecule has 0 spiro atoms. The van der Waals surface area contributed by atoms with Gasteiger partial charge in [0.25, 0.3) is 0 Å². The molecule has 1 N–H and O–H groups in total. The van der Waals surface area contributed by atoms with Gasteiger partial charge in [-0.05, 0) is 84.0 Å². The topological polar surface area (TPSA) is 102 Å². The number of amidine groups is 1. The van der Waals surface area contributed by atoms with Crippen LogP contribution >= 0.6 is 11.8 Å². The Balaban J connectivity index is 1.12. The molecule has 14 heteroatoms. The average molecular weight is 639 g/mol. The summed E-state index contributed by atoms with van der Waals surface area (Å²) >= 11 is 1.16. The largest absolute Gasteiger partial charge is 0.573 e. The number of aromatic nitrogens is 3. The van der Waals surface area contributed by atoms with Gasteiger partial charge in [0.2, 0.25) is 5.91 Å². The van der Waals surface area contributed by atoms with Crippen LogP contribution in [-0.2, 0) is 17.6 Å². The number of hydrogen-bond donors (Lipinski definition) is 1. The third-order valence-corrected chi connectivity index (χ3v) is 8.29. The summed E-state index contributed by atoms with van der Waals surface area (Å²) in [5, 5.41) is 7.64. The van der Waals surface area contributed by atoms with E-state index in [4.69, 9.17) is 0 Å². The minimum atomic E-state index is -4.77. The molecule has 4 aromatic rings. The Morgan fingerprint density at radius 3 is 2.56 bits per heavy atom. The van der Waals surface area contributed by atoms with Crippen LogP contribution in [0.4, 0.5) is 28.0 Å². The van der Waals surface area contributed by atoms with Crippen molar-refractivity contribution in [1.29, 1.82) is 0 Å². The second kappa shape index (κ2) is 12.0. The van der Waals surface area contributed by atoms with E-state index in [2.05, 4.69) is 25.1 Å². The number of aliphatic imine (C=N–C) groups is 1. The van der Waals surface area contributed by atoms with Crippen molar-refractivity contribution in [1.82, 2.24) is 20.1 Å². The second-order valence-electron chi connectivity index (χ2n) is 10.9. The van der Waals surface area contributed by atoms with Crippen molar-refractivity contribution in [3.63, 3.8) is 0 Å². The van der Waals surface area contributed by atoms with Crippen LogP contribution in [0.25, 0.3) is 17.1 Å². The Bertz CT molecular complexity index is 1810. The van der Waals surface area contributed by atoms with Gasteiger partial charge in [-0.2, -0.15) is 4.99 Å². The summed E-state index contributed by atoms with van der Waals surface area (Å²) in [7, 11) is 0. The Kier molecular flexibility index (Phi) is 8.08. The highest BCUT2D eigenvalue weighted by Gasteiger charge is 2.33. The number of hydrogen-bond acceptors (Lipinski definition) is 6. The van der Waals surface area contributed by atoms with Gasteiger partial charge < -0.3 is 10.1 Å². The van der Waals surface area contributed by atoms with Crippen LogP contribution in [0.15, 0.2) is 72.0 Å². The number of nitrogens with zero attached hydrogens (tertiary/aromatic N) is 5. The maximum Gasteiger partial charge on any atom is 0.573 e. The van der Waals surface area contributed by atoms with Gasteiger partial charge >= 0.3 is 12.4 Å². The van der Waals surface area contributed by atoms with Gasteiger partial charge in [0.15, 0.2) is 11.0 Å². The van der Waals surface area contributed by atoms with Crippen molar-refractivity contribution >= 4 is 34.6 Å². The first-order valence-corrected chi connectivity index (χ1v) is 15.0. The fourth-order valence-electron chi connectivity index (χ4n) is 5.35. The zero-order chi connectivity index (χ0) is 31.9. The molecular weight excluding hydrogens is 612 g/mol. The van der Waals surface area contributed by atoms with Crippen LogP contribution in [0.5, 0.6) is 5.75 Å². The van der Waals surface area contributed by atoms with Gasteiger partial charge in [-0.15, -0.1) is 18.3 Å². The SMILES string of the molecule is CC(C)c1cc(F)ccc1N1C(=O)CSC1=NC(=O)NC1Cc2ccc(-c3ncn(-c4ccc(OC(F)(F)F)cc4)n3)cc2C1. The zero-order valence-electron chi connectivity index (χ0n) is 24.0. The zero-order valence-corrected chi connectivity index (χ0v) is 24.8. The second-order valence-corrected chi connectivity index (χ2v) is 11.8. The molecule has 9 nitrogen and oxygen atoms in total. The first kappa shape index (κ1) is 30.3. The number of benzene rings is 3. The molecule has 3 amide bonds. The van der Waals surface area contributed by atoms with Crippen molar-refractivity contribution < 1.29 is 31.9 Å². The lowest BCUT2D eigenvalue weighted by molar-refractivity contribution is -0.274. The Hall–Kier alpha value is -4.72. The molecule has 232 valence electrons. The molecule has 1 atom stereocenters. The molecule has 2 heterocycles. The van der Waals surface area contributed by atoms with Crippen LogP contribution < -0.4 is 15.0 Å². The fourth-order valence-corrected chi connectivity index (χ4v) is 6.20. The van der Waals surface area contributed by atoms with Crippen molar-refractivity contribution in [3.05, 3.63) is 89.5 Å². The minimum absolute atomic E-state index is 0.0525. The summed E-state index contributed by atoms with van der Waals surface area (Å²) in [5.74, 6) is -0.469. The predicted molar refractivity (Wildman–Crippen MR) is 161 cm³/mol. The minimum Gasteiger partial charge on any atom is -0.406 e. The van der Waals surface area contributed by atoms with Gasteiger partial charge in [0.05, 0.1) is 17.1 Å². The van der Waals surface area contributed by atoms with Gasteiger partial charge in [0, 0.05) is 11.6 Å². The van der Waals surface area contributed by atoms with E-state index in [1.807, 2.05) is 32.0 Å². The monoisotopic (exact) mass is 638 g/mol. The highest BCUT2D eigenvalue weighted by Crippen LogP contribution is 2.34. The molecular formula is C31H26F4N6O3S. The normalized spacial score (nSPS) is 17.3. The van der Waals surface area contributed by atoms with E-state index >= 15 is 0 Å². The number of halogens is 4. The van der Waals surface area contributed by atoms with E-state index in [0.717, 1.165) is 28.5 Å². The number of alkyl halides is 3. The van der Waals surface area contributed by atoms with Crippen molar-refractivity contribution in [2.75, 3.05) is 10.7 Å². The molecule has 6 rings (SSSR count). The number of urea groups is 1. The number of rotatable bonds is 6. The first-order chi connectivity index (χ1) is 21.4. The summed E-state index contributed by atoms with van der Waals surface area (Å²) in [6, 6.07) is 14.5. The summed E-state index contributed by atoms with van der Waals surface area (Å²) in [6.07, 6.45) is -2.17. The third-order valence-electron chi connectivity index (χ3n) is 7.37. The van der Waals surface area contributed by atoms with Crippen LogP contribution in [0, 0.1) is 5.82 Å². The van der Waals surface area contributed by atoms with Gasteiger partial charge in [-0.1, -0.05) is 37.7 Å². The predicted octanol–water partition coefficient (Wildman–Crippen LogP) is 6.41. The van der Waals surface area contributed by atoms with Crippen molar-refractivity contribution in [2.24, 2.45) is 4.99 Å². The number of carbonyl (C=O) groups is 2. The molecule has 3 aromatic carbocycles. The lowest BCUT2D eigenvalue weighted by Crippen LogP contribution is -2.36. The summed E-state index contributed by atoms with van der Waals surface area (Å²) in [4.78, 5) is 35.7. The maximum absolute atomic E-state index is 13.9. The molecule has 1 fully saturated rings. The molecule has 1 aromatic heterocycles. The van der Waals surface area contributed by atoms with Crippen LogP contribution in [0.1, 0.15) is 36.5 Å². The molecule has 1 unspecified atom stereocenters. The molecule has 1 aliphatic carbocycles. The highest BCUT2D eigenvalue weighted by atomic mass is 32.2. The summed E-state index contributed by atoms with van der Waals surface area (Å²) < 4.78 is 56.7. The van der Waals surface area contributed by atoms with Gasteiger partial charge in [-0.3, -0.25) is 9.69 Å². The number of nitrogens with one attached hydrogen (secondary N) is 1. The number of carbonyl (C=O) groups excluding carboxylic acids is 2. The van der Waals surface area contributed by atoms with E-state index in [1.54, 1.807) is 0 Å². The molecule has 45 heavy (non-hydrogen) atoms. The van der Waals surface area contributed by atoms with Crippen molar-refractivity contribution in [2.45, 2.75) is 45.0 Å². The number of fused-ring (bicyclic) bond motifs is 1. The van der Waals surface area contributed by atoms with E-state index in [1.165, 1.54) is 58.4 Å². The fraction of sp³-hybridized carbons (Fsp3) is 0.258. The maximum atomic E-state index is 13.9. The lowest BCUT2D eigenvalue weighted by Gasteiger charge is -2.21. The molecule has 0 saturated carbocycles. The molecule has 1 aliphatic heterocycles. The van der Waals surface area contributed by atoms with E-state index in [-0.39, 0.29) is 34.5 Å². The molecule has 0 bridgehead atoms. The molecule has 1 saturated heterocycles. The quantitative estimate of drug-likeness (QED) is 0.245. The van der Waals surface area contributed by atoms with E-state index < -0.39 is 18.2 Å². The number of ether oxygens (including phenoxy) is 1. The van der Waals surface area contributed by atoms with Crippen LogP contribution in [0.3, 0.4) is 0 Å². The molecule has 2 aliphatic rings.